The molecule has 3 aliphatic rings. The second kappa shape index (κ2) is 9.83. The van der Waals surface area contributed by atoms with E-state index in [0.717, 1.165) is 19.4 Å². The molecule has 1 amide bonds. The molecule has 0 bridgehead atoms. The van der Waals surface area contributed by atoms with Gasteiger partial charge in [-0.1, -0.05) is 6.92 Å². The van der Waals surface area contributed by atoms with Crippen LogP contribution in [-0.4, -0.2) is 52.1 Å². The molecule has 2 saturated carbocycles. The van der Waals surface area contributed by atoms with Gasteiger partial charge in [-0.3, -0.25) is 4.79 Å². The van der Waals surface area contributed by atoms with Crippen LogP contribution >= 0.6 is 0 Å². The number of hydrogen-bond acceptors (Lipinski definition) is 7. The predicted molar refractivity (Wildman–Crippen MR) is 135 cm³/mol. The maximum Gasteiger partial charge on any atom is 0.310 e. The van der Waals surface area contributed by atoms with Crippen molar-refractivity contribution in [2.75, 3.05) is 31.6 Å². The molecule has 3 heterocycles. The molecule has 0 radical (unpaired) electrons. The van der Waals surface area contributed by atoms with Crippen molar-refractivity contribution in [3.8, 4) is 22.6 Å². The zero-order valence-corrected chi connectivity index (χ0v) is 20.8. The number of benzene rings is 1. The highest BCUT2D eigenvalue weighted by Crippen LogP contribution is 2.37. The molecule has 194 valence electrons. The smallest absolute Gasteiger partial charge is 0.310 e. The van der Waals surface area contributed by atoms with E-state index in [9.17, 15) is 9.18 Å². The van der Waals surface area contributed by atoms with Gasteiger partial charge >= 0.3 is 5.79 Å². The van der Waals surface area contributed by atoms with Gasteiger partial charge in [0.25, 0.3) is 5.91 Å². The molecule has 3 aromatic rings. The van der Waals surface area contributed by atoms with Gasteiger partial charge < -0.3 is 25.1 Å². The van der Waals surface area contributed by atoms with E-state index >= 15 is 0 Å². The Labute approximate surface area is 214 Å². The number of nitrogens with zero attached hydrogens (tertiary/aromatic N) is 3. The monoisotopic (exact) mass is 506 g/mol. The van der Waals surface area contributed by atoms with Crippen LogP contribution in [0.4, 0.5) is 10.3 Å². The maximum atomic E-state index is 13.7. The maximum absolute atomic E-state index is 13.7. The van der Waals surface area contributed by atoms with Crippen LogP contribution in [0.15, 0.2) is 36.5 Å². The van der Waals surface area contributed by atoms with E-state index in [4.69, 9.17) is 19.4 Å². The number of aromatic nitrogens is 4. The minimum Gasteiger partial charge on any atom is -0.354 e. The zero-order valence-electron chi connectivity index (χ0n) is 20.8. The summed E-state index contributed by atoms with van der Waals surface area (Å²) in [5.74, 6) is -0.405. The quantitative estimate of drug-likeness (QED) is 0.404. The van der Waals surface area contributed by atoms with Crippen molar-refractivity contribution in [3.05, 3.63) is 48.2 Å². The standard InChI is InChI=1S/C27H31FN6O3/c1-16-14-36-27(37-15-16,25(35)30-12-17-2-3-17)24-33-22(19-6-8-20(28)9-7-19)23(34-24)21-10-11-29-26(32-21)31-13-18-4-5-18/h6-11,16-18H,2-5,12-15H2,1H3,(H,30,35)(H,33,34)(H,29,31,32). The Kier molecular flexibility index (Phi) is 6.37. The summed E-state index contributed by atoms with van der Waals surface area (Å²) >= 11 is 0. The molecule has 2 aliphatic carbocycles. The molecule has 37 heavy (non-hydrogen) atoms. The lowest BCUT2D eigenvalue weighted by Gasteiger charge is -2.36. The van der Waals surface area contributed by atoms with Gasteiger partial charge in [-0.25, -0.2) is 19.3 Å². The van der Waals surface area contributed by atoms with Crippen LogP contribution in [0.1, 0.15) is 38.4 Å². The molecular formula is C27H31FN6O3. The van der Waals surface area contributed by atoms with E-state index in [1.54, 1.807) is 24.4 Å². The molecule has 0 spiro atoms. The Morgan fingerprint density at radius 2 is 1.76 bits per heavy atom. The Hall–Kier alpha value is -3.37. The van der Waals surface area contributed by atoms with Gasteiger partial charge in [0.15, 0.2) is 5.82 Å². The number of imidazole rings is 1. The number of ether oxygens (including phenoxy) is 2. The average Bonchev–Trinajstić information content (AvgIpc) is 3.86. The van der Waals surface area contributed by atoms with Gasteiger partial charge in [-0.2, -0.15) is 0 Å². The summed E-state index contributed by atoms with van der Waals surface area (Å²) in [6, 6.07) is 7.83. The third kappa shape index (κ3) is 5.21. The first kappa shape index (κ1) is 24.0. The third-order valence-corrected chi connectivity index (χ3v) is 6.98. The first-order chi connectivity index (χ1) is 18.0. The van der Waals surface area contributed by atoms with E-state index in [2.05, 4.69) is 20.6 Å². The van der Waals surface area contributed by atoms with Crippen molar-refractivity contribution in [2.45, 2.75) is 38.4 Å². The fraction of sp³-hybridized carbons (Fsp3) is 0.481. The lowest BCUT2D eigenvalue weighted by molar-refractivity contribution is -0.277. The van der Waals surface area contributed by atoms with Crippen molar-refractivity contribution >= 4 is 11.9 Å². The molecule has 9 nitrogen and oxygen atoms in total. The first-order valence-corrected chi connectivity index (χ1v) is 13.0. The highest BCUT2D eigenvalue weighted by Gasteiger charge is 2.50. The van der Waals surface area contributed by atoms with Crippen LogP contribution in [-0.2, 0) is 20.1 Å². The van der Waals surface area contributed by atoms with Crippen LogP contribution in [0.2, 0.25) is 0 Å². The highest BCUT2D eigenvalue weighted by molar-refractivity contribution is 5.86. The van der Waals surface area contributed by atoms with Gasteiger partial charge in [-0.05, 0) is 67.9 Å². The Morgan fingerprint density at radius 3 is 2.46 bits per heavy atom. The zero-order chi connectivity index (χ0) is 25.4. The minimum atomic E-state index is -1.71. The number of hydrogen-bond donors (Lipinski definition) is 3. The molecule has 3 fully saturated rings. The lowest BCUT2D eigenvalue weighted by Crippen LogP contribution is -2.53. The number of carbonyl (C=O) groups is 1. The number of aromatic amines is 1. The Bertz CT molecular complexity index is 1260. The SMILES string of the molecule is CC1COC(C(=O)NCC2CC2)(c2nc(-c3ccc(F)cc3)c(-c3ccnc(NCC4CC4)n3)[nH]2)OC1. The van der Waals surface area contributed by atoms with Crippen LogP contribution in [0.3, 0.4) is 0 Å². The fourth-order valence-electron chi connectivity index (χ4n) is 4.33. The highest BCUT2D eigenvalue weighted by atomic mass is 19.1. The molecule has 6 rings (SSSR count). The molecule has 2 aromatic heterocycles. The van der Waals surface area contributed by atoms with Crippen molar-refractivity contribution in [1.82, 2.24) is 25.3 Å². The summed E-state index contributed by atoms with van der Waals surface area (Å²) in [7, 11) is 0. The number of H-pyrrole nitrogens is 1. The average molecular weight is 507 g/mol. The van der Waals surface area contributed by atoms with Crippen LogP contribution in [0.25, 0.3) is 22.6 Å². The van der Waals surface area contributed by atoms with Gasteiger partial charge in [0.1, 0.15) is 5.82 Å². The van der Waals surface area contributed by atoms with E-state index in [1.165, 1.54) is 25.0 Å². The molecule has 0 atom stereocenters. The summed E-state index contributed by atoms with van der Waals surface area (Å²) in [6.07, 6.45) is 6.33. The van der Waals surface area contributed by atoms with E-state index in [-0.39, 0.29) is 23.5 Å². The van der Waals surface area contributed by atoms with Gasteiger partial charge in [0, 0.05) is 30.8 Å². The number of anilines is 1. The minimum absolute atomic E-state index is 0.136. The summed E-state index contributed by atoms with van der Waals surface area (Å²) in [5, 5.41) is 6.29. The normalized spacial score (nSPS) is 23.6. The summed E-state index contributed by atoms with van der Waals surface area (Å²) in [4.78, 5) is 30.7. The third-order valence-electron chi connectivity index (χ3n) is 6.98. The van der Waals surface area contributed by atoms with E-state index in [1.807, 2.05) is 6.92 Å². The largest absolute Gasteiger partial charge is 0.354 e. The number of rotatable bonds is 9. The van der Waals surface area contributed by atoms with Gasteiger partial charge in [0.2, 0.25) is 5.95 Å². The van der Waals surface area contributed by atoms with Crippen LogP contribution in [0.5, 0.6) is 0 Å². The van der Waals surface area contributed by atoms with Gasteiger partial charge in [0.05, 0.1) is 30.3 Å². The summed E-state index contributed by atoms with van der Waals surface area (Å²) in [6.45, 7) is 4.10. The Balaban J connectivity index is 1.40. The number of carbonyl (C=O) groups excluding carboxylic acids is 1. The van der Waals surface area contributed by atoms with E-state index < -0.39 is 5.79 Å². The predicted octanol–water partition coefficient (Wildman–Crippen LogP) is 3.86. The summed E-state index contributed by atoms with van der Waals surface area (Å²) in [5.41, 5.74) is 2.34. The molecule has 1 aromatic carbocycles. The second-order valence-electron chi connectivity index (χ2n) is 10.4. The van der Waals surface area contributed by atoms with Crippen LogP contribution < -0.4 is 10.6 Å². The van der Waals surface area contributed by atoms with Gasteiger partial charge in [-0.15, -0.1) is 0 Å². The second-order valence-corrected chi connectivity index (χ2v) is 10.4. The number of amides is 1. The van der Waals surface area contributed by atoms with Crippen LogP contribution in [0, 0.1) is 23.6 Å². The molecule has 10 heteroatoms. The number of nitrogens with one attached hydrogen (secondary N) is 3. The number of halogens is 1. The Morgan fingerprint density at radius 1 is 1.05 bits per heavy atom. The van der Waals surface area contributed by atoms with Crippen molar-refractivity contribution in [3.63, 3.8) is 0 Å². The molecule has 1 aliphatic heterocycles. The van der Waals surface area contributed by atoms with Crippen molar-refractivity contribution in [1.29, 1.82) is 0 Å². The molecule has 1 saturated heterocycles. The van der Waals surface area contributed by atoms with Crippen molar-refractivity contribution < 1.29 is 18.7 Å². The topological polar surface area (TPSA) is 114 Å². The first-order valence-electron chi connectivity index (χ1n) is 13.0. The molecule has 3 N–H and O–H groups in total. The lowest BCUT2D eigenvalue weighted by atomic mass is 10.1. The molecular weight excluding hydrogens is 475 g/mol. The molecule has 0 unspecified atom stereocenters. The fourth-order valence-corrected chi connectivity index (χ4v) is 4.33. The van der Waals surface area contributed by atoms with E-state index in [0.29, 0.717) is 60.2 Å². The summed E-state index contributed by atoms with van der Waals surface area (Å²) < 4.78 is 25.9. The van der Waals surface area contributed by atoms with Crippen molar-refractivity contribution in [2.24, 2.45) is 17.8 Å².